The van der Waals surface area contributed by atoms with E-state index < -0.39 is 11.8 Å². The minimum atomic E-state index is -0.419. The van der Waals surface area contributed by atoms with Crippen LogP contribution in [0.1, 0.15) is 21.7 Å². The van der Waals surface area contributed by atoms with Gasteiger partial charge >= 0.3 is 0 Å². The Morgan fingerprint density at radius 2 is 1.70 bits per heavy atom. The first-order chi connectivity index (χ1) is 13.1. The Kier molecular flexibility index (Phi) is 6.07. The summed E-state index contributed by atoms with van der Waals surface area (Å²) in [7, 11) is 0. The smallest absolute Gasteiger partial charge is 0.268 e. The van der Waals surface area contributed by atoms with E-state index in [9.17, 15) is 9.59 Å². The Morgan fingerprint density at radius 3 is 2.37 bits per heavy atom. The monoisotopic (exact) mass is 380 g/mol. The number of carbonyl (C=O) groups excluding carboxylic acids is 2. The molecule has 0 saturated carbocycles. The van der Waals surface area contributed by atoms with Gasteiger partial charge in [-0.1, -0.05) is 41.9 Å². The molecule has 6 heteroatoms. The van der Waals surface area contributed by atoms with E-state index in [2.05, 4.69) is 10.6 Å². The number of carbonyl (C=O) groups is 2. The molecule has 5 nitrogen and oxygen atoms in total. The number of amides is 2. The molecule has 2 amide bonds. The van der Waals surface area contributed by atoms with Crippen LogP contribution in [0.15, 0.2) is 83.1 Å². The molecule has 0 aliphatic heterocycles. The molecule has 0 radical (unpaired) electrons. The second-order valence-corrected chi connectivity index (χ2v) is 6.14. The molecule has 0 aliphatic rings. The average Bonchev–Trinajstić information content (AvgIpc) is 3.20. The van der Waals surface area contributed by atoms with Crippen LogP contribution in [0, 0.1) is 0 Å². The van der Waals surface area contributed by atoms with E-state index in [1.807, 2.05) is 30.3 Å². The van der Waals surface area contributed by atoms with Crippen LogP contribution in [0.4, 0.5) is 0 Å². The largest absolute Gasteiger partial charge is 0.465 e. The van der Waals surface area contributed by atoms with Crippen LogP contribution in [-0.2, 0) is 11.3 Å². The summed E-state index contributed by atoms with van der Waals surface area (Å²) in [5.41, 5.74) is 1.42. The molecule has 0 saturated heterocycles. The summed E-state index contributed by atoms with van der Waals surface area (Å²) in [5, 5.41) is 5.95. The molecule has 0 atom stereocenters. The Bertz CT molecular complexity index is 933. The van der Waals surface area contributed by atoms with Gasteiger partial charge in [0.05, 0.1) is 6.26 Å². The summed E-state index contributed by atoms with van der Waals surface area (Å²) in [6.45, 7) is 0.339. The van der Waals surface area contributed by atoms with Gasteiger partial charge in [-0.2, -0.15) is 0 Å². The van der Waals surface area contributed by atoms with Gasteiger partial charge in [-0.25, -0.2) is 0 Å². The van der Waals surface area contributed by atoms with Crippen molar-refractivity contribution >= 4 is 29.5 Å². The quantitative estimate of drug-likeness (QED) is 0.634. The average molecular weight is 381 g/mol. The Hall–Kier alpha value is -3.31. The van der Waals surface area contributed by atoms with Gasteiger partial charge in [-0.3, -0.25) is 9.59 Å². The van der Waals surface area contributed by atoms with Gasteiger partial charge in [-0.15, -0.1) is 0 Å². The van der Waals surface area contributed by atoms with Crippen LogP contribution >= 0.6 is 11.6 Å². The summed E-state index contributed by atoms with van der Waals surface area (Å²) in [4.78, 5) is 25.1. The lowest BCUT2D eigenvalue weighted by molar-refractivity contribution is -0.117. The van der Waals surface area contributed by atoms with Gasteiger partial charge in [0.15, 0.2) is 0 Å². The van der Waals surface area contributed by atoms with Crippen molar-refractivity contribution in [1.29, 1.82) is 0 Å². The molecule has 0 spiro atoms. The van der Waals surface area contributed by atoms with Crippen molar-refractivity contribution in [2.24, 2.45) is 0 Å². The highest BCUT2D eigenvalue weighted by Gasteiger charge is 2.15. The zero-order valence-corrected chi connectivity index (χ0v) is 15.1. The van der Waals surface area contributed by atoms with Crippen LogP contribution in [0.25, 0.3) is 6.08 Å². The first-order valence-corrected chi connectivity index (χ1v) is 8.64. The molecule has 0 unspecified atom stereocenters. The van der Waals surface area contributed by atoms with Crippen molar-refractivity contribution in [3.8, 4) is 0 Å². The number of nitrogens with one attached hydrogen (secondary N) is 2. The second kappa shape index (κ2) is 8.87. The number of hydrogen-bond donors (Lipinski definition) is 2. The Labute approximate surface area is 161 Å². The lowest BCUT2D eigenvalue weighted by atomic mass is 10.2. The zero-order chi connectivity index (χ0) is 19.1. The molecule has 2 aromatic carbocycles. The van der Waals surface area contributed by atoms with E-state index >= 15 is 0 Å². The van der Waals surface area contributed by atoms with E-state index in [1.54, 1.807) is 36.4 Å². The predicted molar refractivity (Wildman–Crippen MR) is 104 cm³/mol. The third-order valence-electron chi connectivity index (χ3n) is 3.72. The van der Waals surface area contributed by atoms with Gasteiger partial charge in [0.25, 0.3) is 11.8 Å². The molecule has 3 aromatic rings. The van der Waals surface area contributed by atoms with Crippen LogP contribution < -0.4 is 10.6 Å². The van der Waals surface area contributed by atoms with Crippen LogP contribution in [0.2, 0.25) is 5.02 Å². The normalized spacial score (nSPS) is 11.1. The highest BCUT2D eigenvalue weighted by atomic mass is 35.5. The minimum absolute atomic E-state index is 0.0841. The Balaban J connectivity index is 1.75. The fourth-order valence-corrected chi connectivity index (χ4v) is 2.47. The maximum Gasteiger partial charge on any atom is 0.268 e. The van der Waals surface area contributed by atoms with Gasteiger partial charge in [-0.05, 0) is 42.0 Å². The molecule has 1 heterocycles. The minimum Gasteiger partial charge on any atom is -0.465 e. The maximum absolute atomic E-state index is 12.6. The van der Waals surface area contributed by atoms with Gasteiger partial charge in [0.1, 0.15) is 11.5 Å². The standard InChI is InChI=1S/C21H17ClN2O3/c22-17-10-8-16(9-11-17)20(25)24-19(13-18-7-4-12-27-18)21(26)23-14-15-5-2-1-3-6-15/h1-13H,14H2,(H,23,26)(H,24,25)/b19-13+. The first-order valence-electron chi connectivity index (χ1n) is 8.26. The van der Waals surface area contributed by atoms with Gasteiger partial charge in [0, 0.05) is 23.2 Å². The van der Waals surface area contributed by atoms with E-state index in [0.29, 0.717) is 22.9 Å². The topological polar surface area (TPSA) is 71.3 Å². The molecular weight excluding hydrogens is 364 g/mol. The number of benzene rings is 2. The van der Waals surface area contributed by atoms with Crippen LogP contribution in [0.3, 0.4) is 0 Å². The van der Waals surface area contributed by atoms with Crippen LogP contribution in [0.5, 0.6) is 0 Å². The molecule has 136 valence electrons. The molecule has 3 rings (SSSR count). The highest BCUT2D eigenvalue weighted by molar-refractivity contribution is 6.30. The summed E-state index contributed by atoms with van der Waals surface area (Å²) in [5.74, 6) is -0.381. The lowest BCUT2D eigenvalue weighted by Crippen LogP contribution is -2.34. The van der Waals surface area contributed by atoms with Crippen molar-refractivity contribution in [1.82, 2.24) is 10.6 Å². The second-order valence-electron chi connectivity index (χ2n) is 5.70. The summed E-state index contributed by atoms with van der Waals surface area (Å²) >= 11 is 5.85. The third-order valence-corrected chi connectivity index (χ3v) is 3.98. The number of halogens is 1. The van der Waals surface area contributed by atoms with Crippen molar-refractivity contribution in [3.63, 3.8) is 0 Å². The van der Waals surface area contributed by atoms with E-state index in [-0.39, 0.29) is 5.70 Å². The molecule has 1 aromatic heterocycles. The van der Waals surface area contributed by atoms with Crippen molar-refractivity contribution in [2.45, 2.75) is 6.54 Å². The summed E-state index contributed by atoms with van der Waals surface area (Å²) in [6, 6.07) is 19.3. The maximum atomic E-state index is 12.6. The van der Waals surface area contributed by atoms with Crippen LogP contribution in [-0.4, -0.2) is 11.8 Å². The van der Waals surface area contributed by atoms with Crippen molar-refractivity contribution in [3.05, 3.63) is 101 Å². The molecule has 0 fully saturated rings. The van der Waals surface area contributed by atoms with Crippen molar-refractivity contribution in [2.75, 3.05) is 0 Å². The van der Waals surface area contributed by atoms with E-state index in [4.69, 9.17) is 16.0 Å². The molecule has 0 bridgehead atoms. The van der Waals surface area contributed by atoms with Gasteiger partial charge in [0.2, 0.25) is 0 Å². The molecule has 27 heavy (non-hydrogen) atoms. The lowest BCUT2D eigenvalue weighted by Gasteiger charge is -2.11. The predicted octanol–water partition coefficient (Wildman–Crippen LogP) is 4.02. The van der Waals surface area contributed by atoms with E-state index in [1.165, 1.54) is 12.3 Å². The first kappa shape index (κ1) is 18.5. The molecular formula is C21H17ClN2O3. The number of rotatable bonds is 6. The fourth-order valence-electron chi connectivity index (χ4n) is 2.34. The SMILES string of the molecule is O=C(NCc1ccccc1)/C(=C\c1ccco1)NC(=O)c1ccc(Cl)cc1. The summed E-state index contributed by atoms with van der Waals surface area (Å²) < 4.78 is 5.25. The zero-order valence-electron chi connectivity index (χ0n) is 14.3. The number of hydrogen-bond acceptors (Lipinski definition) is 3. The fraction of sp³-hybridized carbons (Fsp3) is 0.0476. The third kappa shape index (κ3) is 5.33. The molecule has 2 N–H and O–H groups in total. The number of furan rings is 1. The van der Waals surface area contributed by atoms with Crippen molar-refractivity contribution < 1.29 is 14.0 Å². The van der Waals surface area contributed by atoms with Gasteiger partial charge < -0.3 is 15.1 Å². The Morgan fingerprint density at radius 1 is 0.963 bits per heavy atom. The highest BCUT2D eigenvalue weighted by Crippen LogP contribution is 2.11. The summed E-state index contributed by atoms with van der Waals surface area (Å²) in [6.07, 6.45) is 2.97. The molecule has 0 aliphatic carbocycles. The van der Waals surface area contributed by atoms with E-state index in [0.717, 1.165) is 5.56 Å².